The van der Waals surface area contributed by atoms with Gasteiger partial charge in [-0.3, -0.25) is 4.99 Å². The van der Waals surface area contributed by atoms with E-state index in [1.54, 1.807) is 11.3 Å². The molecule has 2 aromatic rings. The van der Waals surface area contributed by atoms with Crippen LogP contribution in [0.5, 0.6) is 5.75 Å². The molecule has 0 amide bonds. The van der Waals surface area contributed by atoms with Gasteiger partial charge in [0.15, 0.2) is 5.96 Å². The molecule has 0 unspecified atom stereocenters. The Morgan fingerprint density at radius 2 is 2.04 bits per heavy atom. The minimum atomic E-state index is 0.165. The second kappa shape index (κ2) is 8.68. The van der Waals surface area contributed by atoms with Crippen molar-refractivity contribution < 1.29 is 4.74 Å². The summed E-state index contributed by atoms with van der Waals surface area (Å²) in [5.41, 5.74) is 8.02. The molecule has 0 aliphatic rings. The lowest BCUT2D eigenvalue weighted by atomic mass is 10.3. The average molecular weight is 347 g/mol. The number of nitrogens with zero attached hydrogens (tertiary/aromatic N) is 2. The van der Waals surface area contributed by atoms with Crippen molar-refractivity contribution in [2.45, 2.75) is 46.6 Å². The van der Waals surface area contributed by atoms with Gasteiger partial charge in [-0.2, -0.15) is 0 Å². The van der Waals surface area contributed by atoms with Gasteiger partial charge in [-0.05, 0) is 51.5 Å². The minimum absolute atomic E-state index is 0.165. The Hall–Kier alpha value is -2.08. The smallest absolute Gasteiger partial charge is 0.193 e. The van der Waals surface area contributed by atoms with Crippen LogP contribution in [0.15, 0.2) is 29.3 Å². The Balaban J connectivity index is 1.84. The number of aryl methyl sites for hydroxylation is 2. The van der Waals surface area contributed by atoms with E-state index in [0.29, 0.717) is 12.5 Å². The highest BCUT2D eigenvalue weighted by Gasteiger charge is 2.05. The van der Waals surface area contributed by atoms with Crippen molar-refractivity contribution in [1.82, 2.24) is 4.98 Å². The number of nitrogens with two attached hydrogens (primary N) is 1. The average Bonchev–Trinajstić information content (AvgIpc) is 2.89. The number of ether oxygens (including phenoxy) is 1. The van der Waals surface area contributed by atoms with Gasteiger partial charge in [0.05, 0.1) is 16.8 Å². The van der Waals surface area contributed by atoms with Crippen LogP contribution < -0.4 is 15.8 Å². The second-order valence-electron chi connectivity index (χ2n) is 5.80. The quantitative estimate of drug-likeness (QED) is 0.591. The summed E-state index contributed by atoms with van der Waals surface area (Å²) >= 11 is 1.75. The molecule has 1 heterocycles. The van der Waals surface area contributed by atoms with E-state index in [1.807, 2.05) is 38.1 Å². The third-order valence-corrected chi connectivity index (χ3v) is 4.45. The molecule has 6 heteroatoms. The van der Waals surface area contributed by atoms with Crippen molar-refractivity contribution in [2.24, 2.45) is 10.7 Å². The summed E-state index contributed by atoms with van der Waals surface area (Å²) in [7, 11) is 0. The number of thiazole rings is 1. The molecule has 130 valence electrons. The van der Waals surface area contributed by atoms with Crippen LogP contribution in [0.4, 0.5) is 5.69 Å². The van der Waals surface area contributed by atoms with Crippen LogP contribution in [0.2, 0.25) is 0 Å². The highest BCUT2D eigenvalue weighted by atomic mass is 32.1. The SMILES string of the molecule is CCc1nc(CCN=C(N)Nc2ccc(OC(C)C)cc2)sc1C. The first-order valence-electron chi connectivity index (χ1n) is 8.26. The first kappa shape index (κ1) is 18.3. The van der Waals surface area contributed by atoms with E-state index in [-0.39, 0.29) is 6.10 Å². The maximum Gasteiger partial charge on any atom is 0.193 e. The Bertz CT molecular complexity index is 677. The predicted molar refractivity (Wildman–Crippen MR) is 102 cm³/mol. The second-order valence-corrected chi connectivity index (χ2v) is 7.08. The van der Waals surface area contributed by atoms with Gasteiger partial charge in [-0.15, -0.1) is 11.3 Å². The normalized spacial score (nSPS) is 11.8. The molecule has 0 aliphatic heterocycles. The van der Waals surface area contributed by atoms with Crippen molar-refractivity contribution in [3.8, 4) is 5.75 Å². The van der Waals surface area contributed by atoms with Crippen LogP contribution in [0.25, 0.3) is 0 Å². The highest BCUT2D eigenvalue weighted by Crippen LogP contribution is 2.18. The molecule has 0 atom stereocenters. The molecule has 2 rings (SSSR count). The molecule has 1 aromatic carbocycles. The molecule has 0 bridgehead atoms. The molecular weight excluding hydrogens is 320 g/mol. The van der Waals surface area contributed by atoms with E-state index in [9.17, 15) is 0 Å². The van der Waals surface area contributed by atoms with Crippen molar-refractivity contribution >= 4 is 23.0 Å². The number of hydrogen-bond donors (Lipinski definition) is 2. The van der Waals surface area contributed by atoms with E-state index < -0.39 is 0 Å². The molecule has 24 heavy (non-hydrogen) atoms. The first-order chi connectivity index (χ1) is 11.5. The first-order valence-corrected chi connectivity index (χ1v) is 9.08. The van der Waals surface area contributed by atoms with Crippen LogP contribution in [0.1, 0.15) is 36.3 Å². The monoisotopic (exact) mass is 346 g/mol. The number of aromatic nitrogens is 1. The molecule has 1 aromatic heterocycles. The zero-order valence-corrected chi connectivity index (χ0v) is 15.6. The maximum absolute atomic E-state index is 5.94. The van der Waals surface area contributed by atoms with Crippen LogP contribution in [-0.2, 0) is 12.8 Å². The summed E-state index contributed by atoms with van der Waals surface area (Å²) in [6.45, 7) is 8.88. The van der Waals surface area contributed by atoms with Gasteiger partial charge in [0.2, 0.25) is 0 Å². The fraction of sp³-hybridized carbons (Fsp3) is 0.444. The number of nitrogens with one attached hydrogen (secondary N) is 1. The lowest BCUT2D eigenvalue weighted by Crippen LogP contribution is -2.23. The van der Waals surface area contributed by atoms with E-state index in [1.165, 1.54) is 10.6 Å². The molecule has 0 saturated heterocycles. The number of rotatable bonds is 7. The van der Waals surface area contributed by atoms with Crippen LogP contribution in [-0.4, -0.2) is 23.6 Å². The molecule has 5 nitrogen and oxygen atoms in total. The molecule has 0 saturated carbocycles. The van der Waals surface area contributed by atoms with Gasteiger partial charge in [0.1, 0.15) is 5.75 Å². The van der Waals surface area contributed by atoms with Gasteiger partial charge >= 0.3 is 0 Å². The van der Waals surface area contributed by atoms with Crippen molar-refractivity contribution in [3.05, 3.63) is 39.8 Å². The molecular formula is C18H26N4OS. The topological polar surface area (TPSA) is 72.5 Å². The standard InChI is InChI=1S/C18H26N4OS/c1-5-16-13(4)24-17(22-16)10-11-20-18(19)21-14-6-8-15(9-7-14)23-12(2)3/h6-9,12H,5,10-11H2,1-4H3,(H3,19,20,21). The number of aliphatic imine (C=N–C) groups is 1. The van der Waals surface area contributed by atoms with Crippen molar-refractivity contribution in [2.75, 3.05) is 11.9 Å². The molecule has 0 aliphatic carbocycles. The van der Waals surface area contributed by atoms with E-state index in [4.69, 9.17) is 10.5 Å². The van der Waals surface area contributed by atoms with Gasteiger partial charge < -0.3 is 15.8 Å². The maximum atomic E-state index is 5.94. The fourth-order valence-corrected chi connectivity index (χ4v) is 3.28. The predicted octanol–water partition coefficient (Wildman–Crippen LogP) is 3.77. The lowest BCUT2D eigenvalue weighted by Gasteiger charge is -2.10. The van der Waals surface area contributed by atoms with Crippen LogP contribution in [0.3, 0.4) is 0 Å². The number of benzene rings is 1. The summed E-state index contributed by atoms with van der Waals surface area (Å²) in [6.07, 6.45) is 1.96. The molecule has 3 N–H and O–H groups in total. The Kier molecular flexibility index (Phi) is 6.61. The number of guanidine groups is 1. The summed E-state index contributed by atoms with van der Waals surface area (Å²) in [6, 6.07) is 7.69. The molecule has 0 radical (unpaired) electrons. The Morgan fingerprint density at radius 3 is 2.62 bits per heavy atom. The summed E-state index contributed by atoms with van der Waals surface area (Å²) < 4.78 is 5.61. The van der Waals surface area contributed by atoms with Crippen LogP contribution >= 0.6 is 11.3 Å². The number of hydrogen-bond acceptors (Lipinski definition) is 4. The molecule has 0 spiro atoms. The molecule has 0 fully saturated rings. The van der Waals surface area contributed by atoms with E-state index >= 15 is 0 Å². The minimum Gasteiger partial charge on any atom is -0.491 e. The van der Waals surface area contributed by atoms with Gasteiger partial charge in [-0.1, -0.05) is 6.92 Å². The highest BCUT2D eigenvalue weighted by molar-refractivity contribution is 7.11. The van der Waals surface area contributed by atoms with E-state index in [0.717, 1.165) is 29.3 Å². The largest absolute Gasteiger partial charge is 0.491 e. The lowest BCUT2D eigenvalue weighted by molar-refractivity contribution is 0.242. The summed E-state index contributed by atoms with van der Waals surface area (Å²) in [4.78, 5) is 10.3. The van der Waals surface area contributed by atoms with Crippen molar-refractivity contribution in [1.29, 1.82) is 0 Å². The summed E-state index contributed by atoms with van der Waals surface area (Å²) in [5.74, 6) is 1.26. The van der Waals surface area contributed by atoms with E-state index in [2.05, 4.69) is 29.1 Å². The van der Waals surface area contributed by atoms with Gasteiger partial charge in [0.25, 0.3) is 0 Å². The van der Waals surface area contributed by atoms with Gasteiger partial charge in [0, 0.05) is 23.5 Å². The number of anilines is 1. The third kappa shape index (κ3) is 5.53. The zero-order valence-electron chi connectivity index (χ0n) is 14.8. The van der Waals surface area contributed by atoms with Gasteiger partial charge in [-0.25, -0.2) is 4.98 Å². The zero-order chi connectivity index (χ0) is 17.5. The summed E-state index contributed by atoms with van der Waals surface area (Å²) in [5, 5.41) is 4.21. The van der Waals surface area contributed by atoms with Crippen molar-refractivity contribution in [3.63, 3.8) is 0 Å². The Morgan fingerprint density at radius 1 is 1.33 bits per heavy atom. The third-order valence-electron chi connectivity index (χ3n) is 3.38. The Labute approximate surface area is 148 Å². The van der Waals surface area contributed by atoms with Crippen LogP contribution in [0, 0.1) is 6.92 Å². The fourth-order valence-electron chi connectivity index (χ4n) is 2.27.